The highest BCUT2D eigenvalue weighted by Crippen LogP contribution is 2.24. The first-order valence-electron chi connectivity index (χ1n) is 7.23. The van der Waals surface area contributed by atoms with Crippen molar-refractivity contribution >= 4 is 0 Å². The minimum absolute atomic E-state index is 0.304. The first-order valence-corrected chi connectivity index (χ1v) is 7.23. The minimum Gasteiger partial charge on any atom is -0.396 e. The molecule has 0 saturated carbocycles. The predicted molar refractivity (Wildman–Crippen MR) is 71.1 cm³/mol. The van der Waals surface area contributed by atoms with Crippen LogP contribution in [0.25, 0.3) is 0 Å². The highest BCUT2D eigenvalue weighted by molar-refractivity contribution is 4.74. The molecular weight excluding hydrogens is 214 g/mol. The number of rotatable bonds is 8. The van der Waals surface area contributed by atoms with E-state index in [4.69, 9.17) is 4.74 Å². The van der Waals surface area contributed by atoms with Gasteiger partial charge in [-0.05, 0) is 50.5 Å². The Labute approximate surface area is 106 Å². The molecule has 2 atom stereocenters. The van der Waals surface area contributed by atoms with E-state index in [-0.39, 0.29) is 0 Å². The summed E-state index contributed by atoms with van der Waals surface area (Å²) in [6.45, 7) is 7.52. The van der Waals surface area contributed by atoms with Gasteiger partial charge in [-0.1, -0.05) is 13.8 Å². The van der Waals surface area contributed by atoms with Gasteiger partial charge >= 0.3 is 0 Å². The van der Waals surface area contributed by atoms with Gasteiger partial charge < -0.3 is 15.2 Å². The summed E-state index contributed by atoms with van der Waals surface area (Å²) >= 11 is 0. The van der Waals surface area contributed by atoms with Gasteiger partial charge in [-0.15, -0.1) is 0 Å². The maximum absolute atomic E-state index is 9.47. The van der Waals surface area contributed by atoms with E-state index in [1.54, 1.807) is 0 Å². The summed E-state index contributed by atoms with van der Waals surface area (Å²) in [5.74, 6) is 0.981. The van der Waals surface area contributed by atoms with Crippen LogP contribution in [0, 0.1) is 11.8 Å². The normalized spacial score (nSPS) is 22.9. The van der Waals surface area contributed by atoms with Gasteiger partial charge in [0.15, 0.2) is 0 Å². The van der Waals surface area contributed by atoms with Gasteiger partial charge in [-0.3, -0.25) is 0 Å². The molecule has 0 amide bonds. The van der Waals surface area contributed by atoms with Crippen LogP contribution in [0.15, 0.2) is 0 Å². The second-order valence-corrected chi connectivity index (χ2v) is 5.18. The molecule has 0 aromatic rings. The Kier molecular flexibility index (Phi) is 7.82. The summed E-state index contributed by atoms with van der Waals surface area (Å²) in [6.07, 6.45) is 5.82. The van der Waals surface area contributed by atoms with Crippen molar-refractivity contribution in [2.45, 2.75) is 52.0 Å². The van der Waals surface area contributed by atoms with Crippen molar-refractivity contribution in [1.29, 1.82) is 0 Å². The van der Waals surface area contributed by atoms with E-state index >= 15 is 0 Å². The fraction of sp³-hybridized carbons (Fsp3) is 1.00. The van der Waals surface area contributed by atoms with E-state index < -0.39 is 0 Å². The zero-order valence-corrected chi connectivity index (χ0v) is 11.5. The van der Waals surface area contributed by atoms with E-state index in [2.05, 4.69) is 19.2 Å². The first kappa shape index (κ1) is 14.9. The van der Waals surface area contributed by atoms with Crippen LogP contribution in [-0.2, 0) is 4.74 Å². The topological polar surface area (TPSA) is 41.5 Å². The quantitative estimate of drug-likeness (QED) is 0.686. The molecule has 1 saturated heterocycles. The lowest BCUT2D eigenvalue weighted by atomic mass is 9.86. The van der Waals surface area contributed by atoms with Gasteiger partial charge in [0.05, 0.1) is 0 Å². The van der Waals surface area contributed by atoms with Crippen molar-refractivity contribution in [2.75, 3.05) is 26.4 Å². The second-order valence-electron chi connectivity index (χ2n) is 5.18. The average Bonchev–Trinajstić information content (AvgIpc) is 2.40. The molecule has 102 valence electrons. The maximum Gasteiger partial charge on any atom is 0.0497 e. The Morgan fingerprint density at radius 3 is 2.65 bits per heavy atom. The van der Waals surface area contributed by atoms with Gasteiger partial charge in [0.2, 0.25) is 0 Å². The predicted octanol–water partition coefficient (Wildman–Crippen LogP) is 2.19. The molecule has 0 aromatic heterocycles. The lowest BCUT2D eigenvalue weighted by Gasteiger charge is -2.29. The molecule has 1 heterocycles. The van der Waals surface area contributed by atoms with Crippen LogP contribution in [0.1, 0.15) is 46.0 Å². The Morgan fingerprint density at radius 1 is 1.35 bits per heavy atom. The third kappa shape index (κ3) is 5.36. The van der Waals surface area contributed by atoms with Crippen molar-refractivity contribution in [3.05, 3.63) is 0 Å². The third-order valence-electron chi connectivity index (χ3n) is 4.03. The molecule has 2 unspecified atom stereocenters. The van der Waals surface area contributed by atoms with Crippen molar-refractivity contribution in [1.82, 2.24) is 5.32 Å². The number of hydrogen-bond donors (Lipinski definition) is 2. The number of nitrogens with one attached hydrogen (secondary N) is 1. The van der Waals surface area contributed by atoms with Crippen molar-refractivity contribution in [2.24, 2.45) is 11.8 Å². The van der Waals surface area contributed by atoms with Crippen LogP contribution in [0.3, 0.4) is 0 Å². The molecule has 0 radical (unpaired) electrons. The summed E-state index contributed by atoms with van der Waals surface area (Å²) in [5.41, 5.74) is 0. The van der Waals surface area contributed by atoms with E-state index in [9.17, 15) is 5.11 Å². The smallest absolute Gasteiger partial charge is 0.0497 e. The van der Waals surface area contributed by atoms with E-state index in [1.165, 1.54) is 19.3 Å². The summed E-state index contributed by atoms with van der Waals surface area (Å²) < 4.78 is 5.50. The largest absolute Gasteiger partial charge is 0.396 e. The molecule has 0 aromatic carbocycles. The molecule has 17 heavy (non-hydrogen) atoms. The standard InChI is InChI=1S/C14H29NO2/c1-3-14(4-2)15-8-7-12(10-16)13-6-5-9-17-11-13/h12-16H,3-11H2,1-2H3. The molecule has 0 bridgehead atoms. The number of ether oxygens (including phenoxy) is 1. The molecule has 1 aliphatic rings. The van der Waals surface area contributed by atoms with E-state index in [0.29, 0.717) is 24.5 Å². The van der Waals surface area contributed by atoms with Gasteiger partial charge in [0, 0.05) is 25.9 Å². The molecule has 2 N–H and O–H groups in total. The highest BCUT2D eigenvalue weighted by Gasteiger charge is 2.23. The molecule has 1 aliphatic heterocycles. The van der Waals surface area contributed by atoms with Crippen LogP contribution < -0.4 is 5.32 Å². The fourth-order valence-corrected chi connectivity index (χ4v) is 2.66. The maximum atomic E-state index is 9.47. The second kappa shape index (κ2) is 8.90. The van der Waals surface area contributed by atoms with Crippen LogP contribution in [0.5, 0.6) is 0 Å². The first-order chi connectivity index (χ1) is 8.31. The Morgan fingerprint density at radius 2 is 2.12 bits per heavy atom. The Bertz CT molecular complexity index is 177. The van der Waals surface area contributed by atoms with Crippen molar-refractivity contribution in [3.8, 4) is 0 Å². The molecule has 1 rings (SSSR count). The zero-order chi connectivity index (χ0) is 12.5. The monoisotopic (exact) mass is 243 g/mol. The van der Waals surface area contributed by atoms with Gasteiger partial charge in [-0.25, -0.2) is 0 Å². The van der Waals surface area contributed by atoms with Gasteiger partial charge in [0.25, 0.3) is 0 Å². The average molecular weight is 243 g/mol. The molecule has 0 spiro atoms. The third-order valence-corrected chi connectivity index (χ3v) is 4.03. The highest BCUT2D eigenvalue weighted by atomic mass is 16.5. The summed E-state index contributed by atoms with van der Waals surface area (Å²) in [5, 5.41) is 13.0. The van der Waals surface area contributed by atoms with E-state index in [1.807, 2.05) is 0 Å². The minimum atomic E-state index is 0.304. The lowest BCUT2D eigenvalue weighted by molar-refractivity contribution is 0.0141. The molecule has 1 fully saturated rings. The molecule has 3 nitrogen and oxygen atoms in total. The lowest BCUT2D eigenvalue weighted by Crippen LogP contribution is -2.33. The van der Waals surface area contributed by atoms with Gasteiger partial charge in [0.1, 0.15) is 0 Å². The van der Waals surface area contributed by atoms with Crippen LogP contribution >= 0.6 is 0 Å². The number of hydrogen-bond acceptors (Lipinski definition) is 3. The Hall–Kier alpha value is -0.120. The van der Waals surface area contributed by atoms with E-state index in [0.717, 1.165) is 32.6 Å². The van der Waals surface area contributed by atoms with Crippen LogP contribution in [0.2, 0.25) is 0 Å². The summed E-state index contributed by atoms with van der Waals surface area (Å²) in [4.78, 5) is 0. The molecular formula is C14H29NO2. The molecule has 3 heteroatoms. The zero-order valence-electron chi connectivity index (χ0n) is 11.5. The number of aliphatic hydroxyl groups is 1. The Balaban J connectivity index is 2.21. The van der Waals surface area contributed by atoms with Crippen LogP contribution in [-0.4, -0.2) is 37.5 Å². The number of aliphatic hydroxyl groups excluding tert-OH is 1. The van der Waals surface area contributed by atoms with Crippen molar-refractivity contribution < 1.29 is 9.84 Å². The molecule has 0 aliphatic carbocycles. The summed E-state index contributed by atoms with van der Waals surface area (Å²) in [6, 6.07) is 0.636. The van der Waals surface area contributed by atoms with Crippen LogP contribution in [0.4, 0.5) is 0 Å². The van der Waals surface area contributed by atoms with Gasteiger partial charge in [-0.2, -0.15) is 0 Å². The van der Waals surface area contributed by atoms with Crippen molar-refractivity contribution in [3.63, 3.8) is 0 Å². The fourth-order valence-electron chi connectivity index (χ4n) is 2.66. The SMILES string of the molecule is CCC(CC)NCCC(CO)C1CCCOC1. The summed E-state index contributed by atoms with van der Waals surface area (Å²) in [7, 11) is 0.